The van der Waals surface area contributed by atoms with Gasteiger partial charge in [0.1, 0.15) is 5.75 Å². The second-order valence-corrected chi connectivity index (χ2v) is 5.69. The summed E-state index contributed by atoms with van der Waals surface area (Å²) in [4.78, 5) is 12.1. The first-order chi connectivity index (χ1) is 10.5. The minimum atomic E-state index is -0.650. The number of ether oxygens (including phenoxy) is 1. The average Bonchev–Trinajstić information content (AvgIpc) is 2.51. The predicted octanol–water partition coefficient (Wildman–Crippen LogP) is 4.96. The molecule has 0 unspecified atom stereocenters. The van der Waals surface area contributed by atoms with Crippen LogP contribution in [0.1, 0.15) is 19.4 Å². The van der Waals surface area contributed by atoms with E-state index in [9.17, 15) is 4.79 Å². The fraction of sp³-hybridized carbons (Fsp3) is 0.235. The van der Waals surface area contributed by atoms with Crippen LogP contribution in [0.3, 0.4) is 0 Å². The summed E-state index contributed by atoms with van der Waals surface area (Å²) < 4.78 is 5.57. The fourth-order valence-corrected chi connectivity index (χ4v) is 2.16. The molecule has 2 aromatic carbocycles. The highest BCUT2D eigenvalue weighted by molar-refractivity contribution is 6.42. The van der Waals surface area contributed by atoms with Crippen molar-refractivity contribution in [2.45, 2.75) is 26.4 Å². The van der Waals surface area contributed by atoms with Crippen molar-refractivity contribution >= 4 is 34.8 Å². The highest BCUT2D eigenvalue weighted by atomic mass is 35.5. The zero-order chi connectivity index (χ0) is 16.1. The Morgan fingerprint density at radius 2 is 1.82 bits per heavy atom. The molecule has 0 aliphatic carbocycles. The highest BCUT2D eigenvalue weighted by Crippen LogP contribution is 2.27. The number of amides is 1. The van der Waals surface area contributed by atoms with E-state index in [1.807, 2.05) is 24.3 Å². The third kappa shape index (κ3) is 4.39. The number of rotatable bonds is 5. The standard InChI is InChI=1S/C17H17Cl2NO2/c1-3-12-4-6-13(7-5-12)20-17(21)11(2)22-14-8-9-15(18)16(19)10-14/h4-11H,3H2,1-2H3,(H,20,21)/t11-/m1/s1. The molecular weight excluding hydrogens is 321 g/mol. The lowest BCUT2D eigenvalue weighted by Gasteiger charge is -2.15. The zero-order valence-electron chi connectivity index (χ0n) is 12.4. The van der Waals surface area contributed by atoms with Crippen LogP contribution in [0.5, 0.6) is 5.75 Å². The molecule has 0 aliphatic rings. The minimum absolute atomic E-state index is 0.227. The minimum Gasteiger partial charge on any atom is -0.481 e. The molecule has 0 spiro atoms. The Morgan fingerprint density at radius 1 is 1.14 bits per heavy atom. The van der Waals surface area contributed by atoms with Crippen molar-refractivity contribution in [2.75, 3.05) is 5.32 Å². The predicted molar refractivity (Wildman–Crippen MR) is 91.0 cm³/mol. The normalized spacial score (nSPS) is 11.8. The fourth-order valence-electron chi connectivity index (χ4n) is 1.88. The molecule has 22 heavy (non-hydrogen) atoms. The van der Waals surface area contributed by atoms with Crippen molar-refractivity contribution in [2.24, 2.45) is 0 Å². The van der Waals surface area contributed by atoms with Crippen molar-refractivity contribution in [3.63, 3.8) is 0 Å². The van der Waals surface area contributed by atoms with Gasteiger partial charge in [0.25, 0.3) is 5.91 Å². The second kappa shape index (κ2) is 7.52. The van der Waals surface area contributed by atoms with E-state index in [0.29, 0.717) is 15.8 Å². The van der Waals surface area contributed by atoms with Crippen LogP contribution in [-0.2, 0) is 11.2 Å². The van der Waals surface area contributed by atoms with Gasteiger partial charge in [-0.2, -0.15) is 0 Å². The number of halogens is 2. The third-order valence-electron chi connectivity index (χ3n) is 3.20. The Labute approximate surface area is 140 Å². The van der Waals surface area contributed by atoms with Gasteiger partial charge in [-0.1, -0.05) is 42.3 Å². The van der Waals surface area contributed by atoms with Crippen LogP contribution >= 0.6 is 23.2 Å². The van der Waals surface area contributed by atoms with Gasteiger partial charge in [-0.15, -0.1) is 0 Å². The molecule has 0 fully saturated rings. The van der Waals surface area contributed by atoms with Crippen LogP contribution in [0, 0.1) is 0 Å². The molecule has 116 valence electrons. The Balaban J connectivity index is 1.97. The molecule has 3 nitrogen and oxygen atoms in total. The van der Waals surface area contributed by atoms with Crippen LogP contribution in [-0.4, -0.2) is 12.0 Å². The molecule has 2 rings (SSSR count). The quantitative estimate of drug-likeness (QED) is 0.837. The van der Waals surface area contributed by atoms with E-state index in [2.05, 4.69) is 12.2 Å². The van der Waals surface area contributed by atoms with Crippen molar-refractivity contribution in [3.8, 4) is 5.75 Å². The summed E-state index contributed by atoms with van der Waals surface area (Å²) in [5.74, 6) is 0.272. The van der Waals surface area contributed by atoms with Gasteiger partial charge in [0.15, 0.2) is 6.10 Å². The van der Waals surface area contributed by atoms with E-state index in [0.717, 1.165) is 12.1 Å². The highest BCUT2D eigenvalue weighted by Gasteiger charge is 2.15. The topological polar surface area (TPSA) is 38.3 Å². The maximum atomic E-state index is 12.1. The summed E-state index contributed by atoms with van der Waals surface area (Å²) >= 11 is 11.8. The van der Waals surface area contributed by atoms with Crippen molar-refractivity contribution in [1.82, 2.24) is 0 Å². The smallest absolute Gasteiger partial charge is 0.265 e. The summed E-state index contributed by atoms with van der Waals surface area (Å²) in [7, 11) is 0. The molecule has 0 bridgehead atoms. The average molecular weight is 338 g/mol. The maximum Gasteiger partial charge on any atom is 0.265 e. The number of carbonyl (C=O) groups is 1. The Morgan fingerprint density at radius 3 is 2.41 bits per heavy atom. The number of carbonyl (C=O) groups excluding carboxylic acids is 1. The molecule has 0 aromatic heterocycles. The van der Waals surface area contributed by atoms with Gasteiger partial charge in [-0.05, 0) is 43.2 Å². The van der Waals surface area contributed by atoms with Gasteiger partial charge >= 0.3 is 0 Å². The van der Waals surface area contributed by atoms with E-state index >= 15 is 0 Å². The number of aryl methyl sites for hydroxylation is 1. The molecule has 1 atom stereocenters. The van der Waals surface area contributed by atoms with Crippen LogP contribution in [0.4, 0.5) is 5.69 Å². The van der Waals surface area contributed by atoms with Crippen LogP contribution in [0.15, 0.2) is 42.5 Å². The largest absolute Gasteiger partial charge is 0.481 e. The zero-order valence-corrected chi connectivity index (χ0v) is 13.9. The van der Waals surface area contributed by atoms with E-state index in [1.54, 1.807) is 25.1 Å². The van der Waals surface area contributed by atoms with Gasteiger partial charge in [-0.25, -0.2) is 0 Å². The van der Waals surface area contributed by atoms with Crippen LogP contribution in [0.25, 0.3) is 0 Å². The Hall–Kier alpha value is -1.71. The van der Waals surface area contributed by atoms with Crippen molar-refractivity contribution < 1.29 is 9.53 Å². The van der Waals surface area contributed by atoms with E-state index in [-0.39, 0.29) is 5.91 Å². The summed E-state index contributed by atoms with van der Waals surface area (Å²) in [6.07, 6.45) is 0.313. The SMILES string of the molecule is CCc1ccc(NC(=O)[C@@H](C)Oc2ccc(Cl)c(Cl)c2)cc1. The molecule has 1 amide bonds. The third-order valence-corrected chi connectivity index (χ3v) is 3.94. The van der Waals surface area contributed by atoms with Crippen LogP contribution < -0.4 is 10.1 Å². The lowest BCUT2D eigenvalue weighted by molar-refractivity contribution is -0.122. The first kappa shape index (κ1) is 16.7. The van der Waals surface area contributed by atoms with E-state index in [1.165, 1.54) is 5.56 Å². The van der Waals surface area contributed by atoms with E-state index < -0.39 is 6.10 Å². The molecule has 5 heteroatoms. The number of hydrogen-bond donors (Lipinski definition) is 1. The molecule has 2 aromatic rings. The lowest BCUT2D eigenvalue weighted by Crippen LogP contribution is -2.30. The lowest BCUT2D eigenvalue weighted by atomic mass is 10.1. The summed E-state index contributed by atoms with van der Waals surface area (Å²) in [5, 5.41) is 3.65. The Bertz CT molecular complexity index is 656. The second-order valence-electron chi connectivity index (χ2n) is 4.88. The monoisotopic (exact) mass is 337 g/mol. The van der Waals surface area contributed by atoms with Gasteiger partial charge in [0.05, 0.1) is 10.0 Å². The maximum absolute atomic E-state index is 12.1. The number of nitrogens with one attached hydrogen (secondary N) is 1. The first-order valence-electron chi connectivity index (χ1n) is 7.01. The summed E-state index contributed by atoms with van der Waals surface area (Å²) in [6, 6.07) is 12.6. The molecule has 0 heterocycles. The van der Waals surface area contributed by atoms with Crippen molar-refractivity contribution in [3.05, 3.63) is 58.1 Å². The van der Waals surface area contributed by atoms with Crippen molar-refractivity contribution in [1.29, 1.82) is 0 Å². The van der Waals surface area contributed by atoms with Gasteiger partial charge in [0.2, 0.25) is 0 Å². The summed E-state index contributed by atoms with van der Waals surface area (Å²) in [5.41, 5.74) is 1.96. The van der Waals surface area contributed by atoms with Gasteiger partial charge < -0.3 is 10.1 Å². The molecule has 0 radical (unpaired) electrons. The number of benzene rings is 2. The van der Waals surface area contributed by atoms with E-state index in [4.69, 9.17) is 27.9 Å². The molecule has 1 N–H and O–H groups in total. The number of hydrogen-bond acceptors (Lipinski definition) is 2. The number of anilines is 1. The first-order valence-corrected chi connectivity index (χ1v) is 7.76. The molecule has 0 saturated heterocycles. The molecule has 0 saturated carbocycles. The summed E-state index contributed by atoms with van der Waals surface area (Å²) in [6.45, 7) is 3.76. The molecular formula is C17H17Cl2NO2. The Kier molecular flexibility index (Phi) is 5.69. The van der Waals surface area contributed by atoms with Crippen LogP contribution in [0.2, 0.25) is 10.0 Å². The van der Waals surface area contributed by atoms with Gasteiger partial charge in [-0.3, -0.25) is 4.79 Å². The van der Waals surface area contributed by atoms with Gasteiger partial charge in [0, 0.05) is 11.8 Å². The molecule has 0 aliphatic heterocycles.